The smallest absolute Gasteiger partial charge is 0.0957 e. The zero-order valence-electron chi connectivity index (χ0n) is 13.6. The molecule has 3 rings (SSSR count). The first-order valence-electron chi connectivity index (χ1n) is 8.36. The van der Waals surface area contributed by atoms with Crippen LogP contribution in [0.5, 0.6) is 0 Å². The summed E-state index contributed by atoms with van der Waals surface area (Å²) in [4.78, 5) is 6.53. The Bertz CT molecular complexity index is 472. The maximum absolute atomic E-state index is 5.76. The van der Waals surface area contributed by atoms with Crippen molar-refractivity contribution in [3.05, 3.63) is 15.6 Å². The van der Waals surface area contributed by atoms with Gasteiger partial charge in [-0.1, -0.05) is 0 Å². The lowest BCUT2D eigenvalue weighted by Crippen LogP contribution is -2.39. The van der Waals surface area contributed by atoms with Gasteiger partial charge >= 0.3 is 0 Å². The summed E-state index contributed by atoms with van der Waals surface area (Å²) in [6, 6.07) is 0. The fraction of sp³-hybridized carbons (Fsp3) is 0.824. The van der Waals surface area contributed by atoms with E-state index in [0.29, 0.717) is 12.0 Å². The predicted molar refractivity (Wildman–Crippen MR) is 88.2 cm³/mol. The average Bonchev–Trinajstić information content (AvgIpc) is 3.04. The van der Waals surface area contributed by atoms with E-state index in [1.54, 1.807) is 0 Å². The number of rotatable bonds is 4. The average molecular weight is 308 g/mol. The van der Waals surface area contributed by atoms with Crippen molar-refractivity contribution in [1.82, 2.24) is 10.3 Å². The van der Waals surface area contributed by atoms with E-state index in [9.17, 15) is 0 Å². The molecular weight excluding hydrogens is 280 g/mol. The van der Waals surface area contributed by atoms with Crippen molar-refractivity contribution in [2.24, 2.45) is 0 Å². The summed E-state index contributed by atoms with van der Waals surface area (Å²) in [5.41, 5.74) is 1.57. The summed E-state index contributed by atoms with van der Waals surface area (Å²) < 4.78 is 5.76. The molecule has 118 valence electrons. The third-order valence-electron chi connectivity index (χ3n) is 4.42. The van der Waals surface area contributed by atoms with Crippen LogP contribution in [0.2, 0.25) is 0 Å². The molecule has 4 heteroatoms. The summed E-state index contributed by atoms with van der Waals surface area (Å²) in [5.74, 6) is 0.600. The van der Waals surface area contributed by atoms with Gasteiger partial charge in [0.05, 0.1) is 16.8 Å². The van der Waals surface area contributed by atoms with Crippen LogP contribution in [0.4, 0.5) is 0 Å². The SMILES string of the molecule is CC(C)(C)NCC1CCCc2sc(CC3CCCO3)nc21. The van der Waals surface area contributed by atoms with Gasteiger partial charge in [-0.15, -0.1) is 11.3 Å². The highest BCUT2D eigenvalue weighted by Crippen LogP contribution is 2.35. The van der Waals surface area contributed by atoms with Gasteiger partial charge in [0.15, 0.2) is 0 Å². The molecule has 0 saturated carbocycles. The number of nitrogens with one attached hydrogen (secondary N) is 1. The monoisotopic (exact) mass is 308 g/mol. The van der Waals surface area contributed by atoms with Crippen LogP contribution in [0.25, 0.3) is 0 Å². The molecule has 2 heterocycles. The van der Waals surface area contributed by atoms with Crippen LogP contribution in [0, 0.1) is 0 Å². The van der Waals surface area contributed by atoms with E-state index < -0.39 is 0 Å². The number of ether oxygens (including phenoxy) is 1. The molecule has 0 bridgehead atoms. The van der Waals surface area contributed by atoms with Gasteiger partial charge < -0.3 is 10.1 Å². The largest absolute Gasteiger partial charge is 0.378 e. The Hall–Kier alpha value is -0.450. The zero-order chi connectivity index (χ0) is 14.9. The molecule has 0 aromatic carbocycles. The Morgan fingerprint density at radius 1 is 1.29 bits per heavy atom. The molecule has 1 aliphatic heterocycles. The van der Waals surface area contributed by atoms with Crippen molar-refractivity contribution in [1.29, 1.82) is 0 Å². The lowest BCUT2D eigenvalue weighted by Gasteiger charge is -2.27. The van der Waals surface area contributed by atoms with Crippen LogP contribution < -0.4 is 5.32 Å². The number of fused-ring (bicyclic) bond motifs is 1. The molecule has 0 radical (unpaired) electrons. The van der Waals surface area contributed by atoms with E-state index in [1.165, 1.54) is 47.7 Å². The molecule has 2 aliphatic rings. The van der Waals surface area contributed by atoms with Crippen LogP contribution in [0.15, 0.2) is 0 Å². The number of nitrogens with zero attached hydrogens (tertiary/aromatic N) is 1. The second-order valence-electron chi connectivity index (χ2n) is 7.48. The van der Waals surface area contributed by atoms with Crippen molar-refractivity contribution in [3.8, 4) is 0 Å². The van der Waals surface area contributed by atoms with Gasteiger partial charge in [-0.2, -0.15) is 0 Å². The Balaban J connectivity index is 1.67. The Kier molecular flexibility index (Phi) is 4.67. The van der Waals surface area contributed by atoms with Gasteiger partial charge in [-0.05, 0) is 52.9 Å². The fourth-order valence-electron chi connectivity index (χ4n) is 3.27. The van der Waals surface area contributed by atoms with Crippen molar-refractivity contribution < 1.29 is 4.74 Å². The topological polar surface area (TPSA) is 34.1 Å². The number of hydrogen-bond donors (Lipinski definition) is 1. The number of thiazole rings is 1. The van der Waals surface area contributed by atoms with E-state index in [-0.39, 0.29) is 5.54 Å². The lowest BCUT2D eigenvalue weighted by atomic mass is 9.90. The Morgan fingerprint density at radius 2 is 2.14 bits per heavy atom. The normalized spacial score (nSPS) is 26.0. The second kappa shape index (κ2) is 6.35. The van der Waals surface area contributed by atoms with Crippen LogP contribution >= 0.6 is 11.3 Å². The third kappa shape index (κ3) is 4.05. The standard InChI is InChI=1S/C17H28N2OS/c1-17(2,3)18-11-12-6-4-8-14-16(12)19-15(21-14)10-13-7-5-9-20-13/h12-13,18H,4-11H2,1-3H3. The van der Waals surface area contributed by atoms with E-state index in [1.807, 2.05) is 11.3 Å². The molecule has 1 aliphatic carbocycles. The predicted octanol–water partition coefficient (Wildman–Crippen LogP) is 3.67. The van der Waals surface area contributed by atoms with E-state index in [2.05, 4.69) is 26.1 Å². The zero-order valence-corrected chi connectivity index (χ0v) is 14.4. The summed E-state index contributed by atoms with van der Waals surface area (Å²) in [5, 5.41) is 4.96. The fourth-order valence-corrected chi connectivity index (χ4v) is 4.53. The summed E-state index contributed by atoms with van der Waals surface area (Å²) >= 11 is 1.94. The third-order valence-corrected chi connectivity index (χ3v) is 5.57. The molecule has 2 atom stereocenters. The lowest BCUT2D eigenvalue weighted by molar-refractivity contribution is 0.111. The molecule has 1 fully saturated rings. The minimum Gasteiger partial charge on any atom is -0.378 e. The molecular formula is C17H28N2OS. The maximum atomic E-state index is 5.76. The Labute approximate surface area is 132 Å². The van der Waals surface area contributed by atoms with Gasteiger partial charge in [0, 0.05) is 35.9 Å². The highest BCUT2D eigenvalue weighted by Gasteiger charge is 2.27. The number of aryl methyl sites for hydroxylation is 1. The highest BCUT2D eigenvalue weighted by molar-refractivity contribution is 7.11. The van der Waals surface area contributed by atoms with E-state index in [4.69, 9.17) is 9.72 Å². The summed E-state index contributed by atoms with van der Waals surface area (Å²) in [6.45, 7) is 8.70. The first-order valence-corrected chi connectivity index (χ1v) is 9.18. The van der Waals surface area contributed by atoms with E-state index in [0.717, 1.165) is 19.6 Å². The van der Waals surface area contributed by atoms with Crippen LogP contribution in [0.3, 0.4) is 0 Å². The van der Waals surface area contributed by atoms with Gasteiger partial charge in [0.25, 0.3) is 0 Å². The van der Waals surface area contributed by atoms with Crippen molar-refractivity contribution in [2.45, 2.75) is 76.9 Å². The maximum Gasteiger partial charge on any atom is 0.0957 e. The first kappa shape index (κ1) is 15.4. The quantitative estimate of drug-likeness (QED) is 0.921. The number of hydrogen-bond acceptors (Lipinski definition) is 4. The van der Waals surface area contributed by atoms with Crippen LogP contribution in [-0.4, -0.2) is 29.8 Å². The van der Waals surface area contributed by atoms with Gasteiger partial charge in [-0.25, -0.2) is 4.98 Å². The van der Waals surface area contributed by atoms with Crippen molar-refractivity contribution >= 4 is 11.3 Å². The summed E-state index contributed by atoms with van der Waals surface area (Å²) in [6.07, 6.45) is 7.68. The minimum atomic E-state index is 0.189. The molecule has 1 aromatic rings. The first-order chi connectivity index (χ1) is 10.0. The molecule has 0 spiro atoms. The van der Waals surface area contributed by atoms with Gasteiger partial charge in [-0.3, -0.25) is 0 Å². The molecule has 21 heavy (non-hydrogen) atoms. The van der Waals surface area contributed by atoms with Crippen LogP contribution in [0.1, 0.15) is 68.0 Å². The molecule has 1 N–H and O–H groups in total. The summed E-state index contributed by atoms with van der Waals surface area (Å²) in [7, 11) is 0. The molecule has 3 nitrogen and oxygen atoms in total. The van der Waals surface area contributed by atoms with Crippen LogP contribution in [-0.2, 0) is 17.6 Å². The minimum absolute atomic E-state index is 0.189. The van der Waals surface area contributed by atoms with Gasteiger partial charge in [0.1, 0.15) is 0 Å². The highest BCUT2D eigenvalue weighted by atomic mass is 32.1. The second-order valence-corrected chi connectivity index (χ2v) is 8.64. The molecule has 1 aromatic heterocycles. The molecule has 1 saturated heterocycles. The van der Waals surface area contributed by atoms with E-state index >= 15 is 0 Å². The molecule has 0 amide bonds. The Morgan fingerprint density at radius 3 is 2.86 bits per heavy atom. The van der Waals surface area contributed by atoms with Gasteiger partial charge in [0.2, 0.25) is 0 Å². The number of aromatic nitrogens is 1. The van der Waals surface area contributed by atoms with Crippen molar-refractivity contribution in [3.63, 3.8) is 0 Å². The molecule has 2 unspecified atom stereocenters. The van der Waals surface area contributed by atoms with Crippen molar-refractivity contribution in [2.75, 3.05) is 13.2 Å².